The Morgan fingerprint density at radius 1 is 1.10 bits per heavy atom. The van der Waals surface area contributed by atoms with Gasteiger partial charge in [-0.15, -0.1) is 0 Å². The van der Waals surface area contributed by atoms with E-state index in [1.807, 2.05) is 0 Å². The number of hydrogen-bond donors (Lipinski definition) is 2. The van der Waals surface area contributed by atoms with Crippen molar-refractivity contribution >= 4 is 0 Å². The number of nitrogens with two attached hydrogens (primary N) is 1. The molecule has 5 rings (SSSR count). The van der Waals surface area contributed by atoms with E-state index in [9.17, 15) is 0 Å². The van der Waals surface area contributed by atoms with Gasteiger partial charge in [-0.05, 0) is 91.2 Å². The predicted octanol–water partition coefficient (Wildman–Crippen LogP) is 2.84. The lowest BCUT2D eigenvalue weighted by Gasteiger charge is -2.20. The average molecular weight is 282 g/mol. The van der Waals surface area contributed by atoms with Gasteiger partial charge in [-0.3, -0.25) is 11.3 Å². The van der Waals surface area contributed by atoms with Crippen LogP contribution in [0.5, 0.6) is 0 Å². The second-order valence-electron chi connectivity index (χ2n) is 8.00. The van der Waals surface area contributed by atoms with E-state index in [1.165, 1.54) is 44.1 Å². The molecule has 21 heavy (non-hydrogen) atoms. The second kappa shape index (κ2) is 4.57. The van der Waals surface area contributed by atoms with Crippen LogP contribution in [0.15, 0.2) is 18.2 Å². The van der Waals surface area contributed by atoms with Gasteiger partial charge in [0.2, 0.25) is 0 Å². The fourth-order valence-corrected chi connectivity index (χ4v) is 6.24. The van der Waals surface area contributed by atoms with Gasteiger partial charge in [-0.2, -0.15) is 0 Å². The Morgan fingerprint density at radius 3 is 2.62 bits per heavy atom. The maximum Gasteiger partial charge on any atom is 0.0284 e. The van der Waals surface area contributed by atoms with Crippen molar-refractivity contribution in [2.45, 2.75) is 51.0 Å². The highest BCUT2D eigenvalue weighted by atomic mass is 15.2. The van der Waals surface area contributed by atoms with Crippen molar-refractivity contribution in [2.24, 2.45) is 35.4 Å². The number of rotatable bonds is 4. The molecule has 1 aromatic rings. The summed E-state index contributed by atoms with van der Waals surface area (Å²) in [5, 5.41) is 0. The van der Waals surface area contributed by atoms with Gasteiger partial charge in [0.25, 0.3) is 0 Å². The van der Waals surface area contributed by atoms with Crippen LogP contribution in [0, 0.1) is 29.6 Å². The molecule has 0 amide bonds. The quantitative estimate of drug-likeness (QED) is 0.658. The number of aryl methyl sites for hydroxylation is 2. The summed E-state index contributed by atoms with van der Waals surface area (Å²) in [7, 11) is 0. The topological polar surface area (TPSA) is 38.0 Å². The zero-order valence-corrected chi connectivity index (χ0v) is 12.7. The Kier molecular flexibility index (Phi) is 2.75. The molecule has 112 valence electrons. The number of benzene rings is 1. The van der Waals surface area contributed by atoms with Gasteiger partial charge in [-0.1, -0.05) is 18.2 Å². The Bertz CT molecular complexity index is 551. The molecule has 4 aliphatic carbocycles. The first kappa shape index (κ1) is 12.7. The van der Waals surface area contributed by atoms with E-state index in [0.717, 1.165) is 36.0 Å². The monoisotopic (exact) mass is 282 g/mol. The minimum Gasteiger partial charge on any atom is -0.271 e. The highest BCUT2D eigenvalue weighted by molar-refractivity contribution is 5.36. The highest BCUT2D eigenvalue weighted by Crippen LogP contribution is 2.70. The molecule has 0 aliphatic heterocycles. The van der Waals surface area contributed by atoms with Crippen LogP contribution in [0.3, 0.4) is 0 Å². The van der Waals surface area contributed by atoms with Crippen LogP contribution in [0.25, 0.3) is 0 Å². The number of hydrogen-bond acceptors (Lipinski definition) is 2. The number of hydrazine groups is 1. The molecule has 5 unspecified atom stereocenters. The standard InChI is InChI=1S/C19H26N2/c20-21-16(19-17-14-6-7-15(10-14)18(17)19)9-11-4-5-12-2-1-3-13(12)8-11/h4-5,8,14-19,21H,1-3,6-7,9-10,20H2. The molecule has 0 heterocycles. The van der Waals surface area contributed by atoms with Crippen LogP contribution >= 0.6 is 0 Å². The first-order valence-corrected chi connectivity index (χ1v) is 8.92. The molecular weight excluding hydrogens is 256 g/mol. The van der Waals surface area contributed by atoms with Crippen molar-refractivity contribution in [3.8, 4) is 0 Å². The van der Waals surface area contributed by atoms with Crippen LogP contribution < -0.4 is 11.3 Å². The van der Waals surface area contributed by atoms with E-state index in [2.05, 4.69) is 23.6 Å². The predicted molar refractivity (Wildman–Crippen MR) is 84.6 cm³/mol. The molecule has 4 aliphatic rings. The lowest BCUT2D eigenvalue weighted by Crippen LogP contribution is -2.40. The van der Waals surface area contributed by atoms with E-state index >= 15 is 0 Å². The largest absolute Gasteiger partial charge is 0.271 e. The zero-order chi connectivity index (χ0) is 14.0. The SMILES string of the molecule is NNC(Cc1ccc2c(c1)CCC2)C1C2C3CCC(C3)C21. The highest BCUT2D eigenvalue weighted by Gasteiger charge is 2.66. The fraction of sp³-hybridized carbons (Fsp3) is 0.684. The van der Waals surface area contributed by atoms with Crippen molar-refractivity contribution in [3.05, 3.63) is 34.9 Å². The van der Waals surface area contributed by atoms with Gasteiger partial charge in [0.1, 0.15) is 0 Å². The maximum atomic E-state index is 5.94. The molecular formula is C19H26N2. The lowest BCUT2D eigenvalue weighted by atomic mass is 9.93. The third-order valence-corrected chi connectivity index (χ3v) is 7.09. The summed E-state index contributed by atoms with van der Waals surface area (Å²) in [4.78, 5) is 0. The maximum absolute atomic E-state index is 5.94. The van der Waals surface area contributed by atoms with Gasteiger partial charge in [0, 0.05) is 6.04 Å². The van der Waals surface area contributed by atoms with Crippen molar-refractivity contribution in [1.29, 1.82) is 0 Å². The summed E-state index contributed by atoms with van der Waals surface area (Å²) in [6, 6.07) is 7.67. The second-order valence-corrected chi connectivity index (χ2v) is 8.00. The molecule has 1 aromatic carbocycles. The van der Waals surface area contributed by atoms with Crippen molar-refractivity contribution in [3.63, 3.8) is 0 Å². The van der Waals surface area contributed by atoms with E-state index < -0.39 is 0 Å². The molecule has 2 nitrogen and oxygen atoms in total. The molecule has 5 atom stereocenters. The van der Waals surface area contributed by atoms with Crippen molar-refractivity contribution < 1.29 is 0 Å². The van der Waals surface area contributed by atoms with Crippen LogP contribution in [0.1, 0.15) is 42.4 Å². The zero-order valence-electron chi connectivity index (χ0n) is 12.7. The lowest BCUT2D eigenvalue weighted by molar-refractivity contribution is 0.365. The number of nitrogens with one attached hydrogen (secondary N) is 1. The van der Waals surface area contributed by atoms with E-state index in [4.69, 9.17) is 5.84 Å². The van der Waals surface area contributed by atoms with E-state index in [1.54, 1.807) is 11.1 Å². The molecule has 2 bridgehead atoms. The first-order valence-electron chi connectivity index (χ1n) is 8.92. The minimum atomic E-state index is 0.503. The molecule has 0 saturated heterocycles. The van der Waals surface area contributed by atoms with Crippen LogP contribution in [0.2, 0.25) is 0 Å². The molecule has 0 radical (unpaired) electrons. The first-order chi connectivity index (χ1) is 10.3. The normalized spacial score (nSPS) is 40.1. The molecule has 3 N–H and O–H groups in total. The van der Waals surface area contributed by atoms with Gasteiger partial charge >= 0.3 is 0 Å². The summed E-state index contributed by atoms with van der Waals surface area (Å²) in [5.41, 5.74) is 7.85. The van der Waals surface area contributed by atoms with Gasteiger partial charge in [0.15, 0.2) is 0 Å². The molecule has 3 saturated carbocycles. The van der Waals surface area contributed by atoms with Crippen molar-refractivity contribution in [2.75, 3.05) is 0 Å². The Morgan fingerprint density at radius 2 is 1.86 bits per heavy atom. The summed E-state index contributed by atoms with van der Waals surface area (Å²) in [5.74, 6) is 10.9. The van der Waals surface area contributed by atoms with Gasteiger partial charge in [-0.25, -0.2) is 0 Å². The molecule has 0 spiro atoms. The van der Waals surface area contributed by atoms with E-state index in [-0.39, 0.29) is 0 Å². The molecule has 2 heteroatoms. The Labute approximate surface area is 127 Å². The molecule has 0 aromatic heterocycles. The third kappa shape index (κ3) is 1.85. The Balaban J connectivity index is 1.33. The van der Waals surface area contributed by atoms with Gasteiger partial charge < -0.3 is 0 Å². The van der Waals surface area contributed by atoms with Crippen molar-refractivity contribution in [1.82, 2.24) is 5.43 Å². The third-order valence-electron chi connectivity index (χ3n) is 7.09. The van der Waals surface area contributed by atoms with Crippen LogP contribution in [-0.2, 0) is 19.3 Å². The average Bonchev–Trinajstić information content (AvgIpc) is 2.89. The summed E-state index contributed by atoms with van der Waals surface area (Å²) in [6.07, 6.45) is 9.56. The fourth-order valence-electron chi connectivity index (χ4n) is 6.24. The number of fused-ring (bicyclic) bond motifs is 6. The van der Waals surface area contributed by atoms with Gasteiger partial charge in [0.05, 0.1) is 0 Å². The minimum absolute atomic E-state index is 0.503. The van der Waals surface area contributed by atoms with E-state index in [0.29, 0.717) is 6.04 Å². The smallest absolute Gasteiger partial charge is 0.0284 e. The van der Waals surface area contributed by atoms with Crippen LogP contribution in [0.4, 0.5) is 0 Å². The summed E-state index contributed by atoms with van der Waals surface area (Å²) in [6.45, 7) is 0. The Hall–Kier alpha value is -0.860. The molecule has 3 fully saturated rings. The summed E-state index contributed by atoms with van der Waals surface area (Å²) < 4.78 is 0. The summed E-state index contributed by atoms with van der Waals surface area (Å²) >= 11 is 0. The van der Waals surface area contributed by atoms with Crippen LogP contribution in [-0.4, -0.2) is 6.04 Å².